The van der Waals surface area contributed by atoms with E-state index in [0.29, 0.717) is 6.54 Å². The van der Waals surface area contributed by atoms with Gasteiger partial charge in [-0.1, -0.05) is 24.3 Å². The van der Waals surface area contributed by atoms with E-state index < -0.39 is 0 Å². The molecule has 21 heavy (non-hydrogen) atoms. The number of hydrogen-bond donors (Lipinski definition) is 1. The molecule has 1 saturated heterocycles. The summed E-state index contributed by atoms with van der Waals surface area (Å²) in [5.74, 6) is -0.189. The van der Waals surface area contributed by atoms with E-state index in [0.717, 1.165) is 17.8 Å². The summed E-state index contributed by atoms with van der Waals surface area (Å²) in [6.07, 6.45) is 2.64. The second-order valence-electron chi connectivity index (χ2n) is 5.66. The van der Waals surface area contributed by atoms with Crippen LogP contribution in [-0.4, -0.2) is 18.0 Å². The molecule has 0 atom stereocenters. The largest absolute Gasteiger partial charge is 0.381 e. The van der Waals surface area contributed by atoms with Crippen molar-refractivity contribution in [3.05, 3.63) is 65.5 Å². The summed E-state index contributed by atoms with van der Waals surface area (Å²) in [4.78, 5) is 2.50. The maximum absolute atomic E-state index is 12.9. The molecule has 0 aliphatic carbocycles. The lowest BCUT2D eigenvalue weighted by atomic mass is 10.1. The van der Waals surface area contributed by atoms with Crippen molar-refractivity contribution in [2.45, 2.75) is 25.9 Å². The molecule has 1 aliphatic heterocycles. The Morgan fingerprint density at radius 1 is 0.952 bits per heavy atom. The molecular formula is C18H21FN2. The van der Waals surface area contributed by atoms with Gasteiger partial charge in [-0.3, -0.25) is 4.90 Å². The summed E-state index contributed by atoms with van der Waals surface area (Å²) in [7, 11) is 0. The molecule has 1 N–H and O–H groups in total. The number of anilines is 1. The molecule has 110 valence electrons. The molecule has 2 aromatic rings. The van der Waals surface area contributed by atoms with Crippen molar-refractivity contribution >= 4 is 5.69 Å². The van der Waals surface area contributed by atoms with Crippen LogP contribution in [0.5, 0.6) is 0 Å². The number of halogens is 1. The van der Waals surface area contributed by atoms with Gasteiger partial charge in [-0.05, 0) is 61.3 Å². The van der Waals surface area contributed by atoms with Crippen molar-refractivity contribution in [3.8, 4) is 0 Å². The summed E-state index contributed by atoms with van der Waals surface area (Å²) in [5.41, 5.74) is 3.55. The van der Waals surface area contributed by atoms with Crippen molar-refractivity contribution in [1.29, 1.82) is 0 Å². The minimum atomic E-state index is -0.189. The molecule has 3 heteroatoms. The third kappa shape index (κ3) is 4.05. The van der Waals surface area contributed by atoms with E-state index in [2.05, 4.69) is 34.5 Å². The minimum absolute atomic E-state index is 0.189. The number of likely N-dealkylation sites (tertiary alicyclic amines) is 1. The van der Waals surface area contributed by atoms with Crippen LogP contribution in [0.2, 0.25) is 0 Å². The predicted octanol–water partition coefficient (Wildman–Crippen LogP) is 4.03. The fourth-order valence-corrected chi connectivity index (χ4v) is 2.78. The van der Waals surface area contributed by atoms with Crippen LogP contribution >= 0.6 is 0 Å². The molecule has 0 saturated carbocycles. The molecule has 0 radical (unpaired) electrons. The van der Waals surface area contributed by atoms with E-state index in [1.165, 1.54) is 43.6 Å². The van der Waals surface area contributed by atoms with Crippen molar-refractivity contribution in [3.63, 3.8) is 0 Å². The standard InChI is InChI=1S/C18H21FN2/c19-17-8-6-15(7-9-17)13-20-18-5-3-4-16(12-18)14-21-10-1-2-11-21/h3-9,12,20H,1-2,10-11,13-14H2. The minimum Gasteiger partial charge on any atom is -0.381 e. The summed E-state index contributed by atoms with van der Waals surface area (Å²) in [6.45, 7) is 4.18. The highest BCUT2D eigenvalue weighted by Gasteiger charge is 2.11. The van der Waals surface area contributed by atoms with Crippen LogP contribution < -0.4 is 5.32 Å². The number of hydrogen-bond acceptors (Lipinski definition) is 2. The van der Waals surface area contributed by atoms with Crippen molar-refractivity contribution in [2.24, 2.45) is 0 Å². The van der Waals surface area contributed by atoms with Gasteiger partial charge in [0.2, 0.25) is 0 Å². The zero-order chi connectivity index (χ0) is 14.5. The van der Waals surface area contributed by atoms with Gasteiger partial charge in [0.05, 0.1) is 0 Å². The van der Waals surface area contributed by atoms with Gasteiger partial charge in [0, 0.05) is 18.8 Å². The normalized spacial score (nSPS) is 15.3. The molecule has 1 aliphatic rings. The van der Waals surface area contributed by atoms with E-state index in [-0.39, 0.29) is 5.82 Å². The van der Waals surface area contributed by atoms with Crippen molar-refractivity contribution < 1.29 is 4.39 Å². The first kappa shape index (κ1) is 14.1. The lowest BCUT2D eigenvalue weighted by molar-refractivity contribution is 0.331. The zero-order valence-electron chi connectivity index (χ0n) is 12.2. The van der Waals surface area contributed by atoms with Crippen LogP contribution in [0.3, 0.4) is 0 Å². The quantitative estimate of drug-likeness (QED) is 0.891. The Balaban J connectivity index is 1.58. The van der Waals surface area contributed by atoms with E-state index >= 15 is 0 Å². The lowest BCUT2D eigenvalue weighted by Gasteiger charge is -2.15. The monoisotopic (exact) mass is 284 g/mol. The lowest BCUT2D eigenvalue weighted by Crippen LogP contribution is -2.18. The fourth-order valence-electron chi connectivity index (χ4n) is 2.78. The SMILES string of the molecule is Fc1ccc(CNc2cccc(CN3CCCC3)c2)cc1. The number of nitrogens with zero attached hydrogens (tertiary/aromatic N) is 1. The molecule has 0 unspecified atom stereocenters. The van der Waals surface area contributed by atoms with Crippen LogP contribution in [0.25, 0.3) is 0 Å². The van der Waals surface area contributed by atoms with Gasteiger partial charge in [-0.25, -0.2) is 4.39 Å². The summed E-state index contributed by atoms with van der Waals surface area (Å²) < 4.78 is 12.9. The van der Waals surface area contributed by atoms with Crippen molar-refractivity contribution in [2.75, 3.05) is 18.4 Å². The van der Waals surface area contributed by atoms with Gasteiger partial charge in [0.1, 0.15) is 5.82 Å². The Hall–Kier alpha value is -1.87. The van der Waals surface area contributed by atoms with Gasteiger partial charge >= 0.3 is 0 Å². The number of benzene rings is 2. The number of rotatable bonds is 5. The summed E-state index contributed by atoms with van der Waals surface area (Å²) in [5, 5.41) is 3.40. The Kier molecular flexibility index (Phi) is 4.51. The van der Waals surface area contributed by atoms with Crippen molar-refractivity contribution in [1.82, 2.24) is 4.90 Å². The Morgan fingerprint density at radius 2 is 1.71 bits per heavy atom. The predicted molar refractivity (Wildman–Crippen MR) is 84.7 cm³/mol. The van der Waals surface area contributed by atoms with Crippen LogP contribution in [0.15, 0.2) is 48.5 Å². The van der Waals surface area contributed by atoms with Crippen LogP contribution in [-0.2, 0) is 13.1 Å². The first-order valence-electron chi connectivity index (χ1n) is 7.59. The highest BCUT2D eigenvalue weighted by Crippen LogP contribution is 2.17. The Morgan fingerprint density at radius 3 is 2.48 bits per heavy atom. The average Bonchev–Trinajstić information content (AvgIpc) is 3.00. The highest BCUT2D eigenvalue weighted by atomic mass is 19.1. The van der Waals surface area contributed by atoms with E-state index in [1.54, 1.807) is 0 Å². The smallest absolute Gasteiger partial charge is 0.123 e. The molecule has 3 rings (SSSR count). The Labute approximate surface area is 125 Å². The summed E-state index contributed by atoms with van der Waals surface area (Å²) in [6, 6.07) is 15.2. The summed E-state index contributed by atoms with van der Waals surface area (Å²) >= 11 is 0. The van der Waals surface area contributed by atoms with Crippen LogP contribution in [0.4, 0.5) is 10.1 Å². The topological polar surface area (TPSA) is 15.3 Å². The first-order chi connectivity index (χ1) is 10.3. The van der Waals surface area contributed by atoms with Gasteiger partial charge in [-0.2, -0.15) is 0 Å². The molecular weight excluding hydrogens is 263 g/mol. The zero-order valence-corrected chi connectivity index (χ0v) is 12.2. The third-order valence-corrected chi connectivity index (χ3v) is 3.94. The molecule has 0 aromatic heterocycles. The molecule has 2 nitrogen and oxygen atoms in total. The second-order valence-corrected chi connectivity index (χ2v) is 5.66. The van der Waals surface area contributed by atoms with Crippen LogP contribution in [0.1, 0.15) is 24.0 Å². The van der Waals surface area contributed by atoms with E-state index in [1.807, 2.05) is 12.1 Å². The number of nitrogens with one attached hydrogen (secondary N) is 1. The molecule has 1 fully saturated rings. The Bertz CT molecular complexity index is 574. The molecule has 2 aromatic carbocycles. The second kappa shape index (κ2) is 6.72. The molecule has 0 bridgehead atoms. The maximum Gasteiger partial charge on any atom is 0.123 e. The third-order valence-electron chi connectivity index (χ3n) is 3.94. The maximum atomic E-state index is 12.9. The average molecular weight is 284 g/mol. The molecule has 0 amide bonds. The van der Waals surface area contributed by atoms with Gasteiger partial charge < -0.3 is 5.32 Å². The fraction of sp³-hybridized carbons (Fsp3) is 0.333. The first-order valence-corrected chi connectivity index (χ1v) is 7.59. The molecule has 1 heterocycles. The van der Waals surface area contributed by atoms with Gasteiger partial charge in [0.25, 0.3) is 0 Å². The molecule has 0 spiro atoms. The van der Waals surface area contributed by atoms with Crippen LogP contribution in [0, 0.1) is 5.82 Å². The van der Waals surface area contributed by atoms with Gasteiger partial charge in [-0.15, -0.1) is 0 Å². The highest BCUT2D eigenvalue weighted by molar-refractivity contribution is 5.46. The van der Waals surface area contributed by atoms with E-state index in [4.69, 9.17) is 0 Å². The van der Waals surface area contributed by atoms with E-state index in [9.17, 15) is 4.39 Å². The van der Waals surface area contributed by atoms with Gasteiger partial charge in [0.15, 0.2) is 0 Å².